The van der Waals surface area contributed by atoms with Crippen molar-refractivity contribution in [1.29, 1.82) is 0 Å². The van der Waals surface area contributed by atoms with E-state index in [0.29, 0.717) is 5.56 Å². The zero-order chi connectivity index (χ0) is 10.1. The van der Waals surface area contributed by atoms with Crippen molar-refractivity contribution in [2.45, 2.75) is 26.2 Å². The summed E-state index contributed by atoms with van der Waals surface area (Å²) in [7, 11) is 0. The van der Waals surface area contributed by atoms with E-state index < -0.39 is 0 Å². The Hall–Kier alpha value is -1.31. The van der Waals surface area contributed by atoms with Crippen molar-refractivity contribution >= 4 is 12.0 Å². The van der Waals surface area contributed by atoms with E-state index in [-0.39, 0.29) is 5.41 Å². The first kappa shape index (κ1) is 9.78. The van der Waals surface area contributed by atoms with Crippen LogP contribution in [0.5, 0.6) is 0 Å². The predicted octanol–water partition coefficient (Wildman–Crippen LogP) is 2.38. The second-order valence-electron chi connectivity index (χ2n) is 4.21. The van der Waals surface area contributed by atoms with Crippen molar-refractivity contribution in [2.24, 2.45) is 0 Å². The number of benzene rings is 1. The van der Waals surface area contributed by atoms with E-state index in [1.54, 1.807) is 12.1 Å². The number of hydrogen-bond acceptors (Lipinski definition) is 2. The van der Waals surface area contributed by atoms with Gasteiger partial charge in [-0.15, -0.1) is 0 Å². The molecule has 0 saturated heterocycles. The highest BCUT2D eigenvalue weighted by atomic mass is 16.1. The fourth-order valence-corrected chi connectivity index (χ4v) is 1.30. The van der Waals surface area contributed by atoms with Crippen LogP contribution < -0.4 is 5.73 Å². The maximum absolute atomic E-state index is 10.6. The largest absolute Gasteiger partial charge is 0.398 e. The highest BCUT2D eigenvalue weighted by Crippen LogP contribution is 2.27. The van der Waals surface area contributed by atoms with Gasteiger partial charge in [-0.05, 0) is 29.2 Å². The van der Waals surface area contributed by atoms with Gasteiger partial charge in [-0.1, -0.05) is 20.8 Å². The van der Waals surface area contributed by atoms with Gasteiger partial charge in [-0.25, -0.2) is 0 Å². The first-order valence-electron chi connectivity index (χ1n) is 4.30. The molecule has 0 heterocycles. The summed E-state index contributed by atoms with van der Waals surface area (Å²) >= 11 is 0. The Morgan fingerprint density at radius 2 is 1.92 bits per heavy atom. The summed E-state index contributed by atoms with van der Waals surface area (Å²) in [6.45, 7) is 6.23. The molecule has 1 aromatic rings. The summed E-state index contributed by atoms with van der Waals surface area (Å²) in [5.74, 6) is 0. The first-order chi connectivity index (χ1) is 5.95. The van der Waals surface area contributed by atoms with E-state index >= 15 is 0 Å². The number of nitrogen functional groups attached to an aromatic ring is 1. The van der Waals surface area contributed by atoms with Gasteiger partial charge in [-0.2, -0.15) is 0 Å². The molecule has 0 aliphatic rings. The van der Waals surface area contributed by atoms with E-state index in [1.165, 1.54) is 0 Å². The first-order valence-corrected chi connectivity index (χ1v) is 4.30. The number of carbonyl (C=O) groups excluding carboxylic acids is 1. The lowest BCUT2D eigenvalue weighted by molar-refractivity contribution is 0.112. The van der Waals surface area contributed by atoms with Gasteiger partial charge in [0.2, 0.25) is 0 Å². The molecule has 0 saturated carbocycles. The molecular weight excluding hydrogens is 162 g/mol. The summed E-state index contributed by atoms with van der Waals surface area (Å²) in [4.78, 5) is 10.6. The van der Waals surface area contributed by atoms with Crippen LogP contribution in [0.2, 0.25) is 0 Å². The Bertz CT molecular complexity index is 323. The average Bonchev–Trinajstić information content (AvgIpc) is 2.03. The number of nitrogens with two attached hydrogens (primary N) is 1. The van der Waals surface area contributed by atoms with Gasteiger partial charge in [0.05, 0.1) is 0 Å². The lowest BCUT2D eigenvalue weighted by atomic mass is 9.85. The van der Waals surface area contributed by atoms with Crippen LogP contribution in [0.1, 0.15) is 36.7 Å². The zero-order valence-corrected chi connectivity index (χ0v) is 8.29. The van der Waals surface area contributed by atoms with Crippen molar-refractivity contribution in [3.8, 4) is 0 Å². The smallest absolute Gasteiger partial charge is 0.150 e. The Morgan fingerprint density at radius 3 is 2.38 bits per heavy atom. The van der Waals surface area contributed by atoms with Crippen LogP contribution in [-0.2, 0) is 5.41 Å². The van der Waals surface area contributed by atoms with Crippen LogP contribution in [0.4, 0.5) is 5.69 Å². The molecule has 1 rings (SSSR count). The topological polar surface area (TPSA) is 43.1 Å². The number of anilines is 1. The second kappa shape index (κ2) is 3.21. The van der Waals surface area contributed by atoms with Crippen molar-refractivity contribution in [3.05, 3.63) is 29.3 Å². The van der Waals surface area contributed by atoms with Gasteiger partial charge in [0.15, 0.2) is 0 Å². The summed E-state index contributed by atoms with van der Waals surface area (Å²) in [6, 6.07) is 5.37. The summed E-state index contributed by atoms with van der Waals surface area (Å²) in [5, 5.41) is 0. The molecule has 0 fully saturated rings. The number of hydrogen-bond donors (Lipinski definition) is 1. The van der Waals surface area contributed by atoms with E-state index in [4.69, 9.17) is 5.73 Å². The van der Waals surface area contributed by atoms with Gasteiger partial charge in [0.25, 0.3) is 0 Å². The third-order valence-electron chi connectivity index (χ3n) is 2.02. The maximum atomic E-state index is 10.6. The van der Waals surface area contributed by atoms with Crippen molar-refractivity contribution in [2.75, 3.05) is 5.73 Å². The highest BCUT2D eigenvalue weighted by Gasteiger charge is 2.16. The number of carbonyl (C=O) groups is 1. The van der Waals surface area contributed by atoms with Crippen LogP contribution in [0, 0.1) is 0 Å². The lowest BCUT2D eigenvalue weighted by Crippen LogP contribution is -2.14. The average molecular weight is 177 g/mol. The summed E-state index contributed by atoms with van der Waals surface area (Å²) < 4.78 is 0. The predicted molar refractivity (Wildman–Crippen MR) is 54.9 cm³/mol. The normalized spacial score (nSPS) is 11.3. The SMILES string of the molecule is CC(C)(C)c1cc(C=O)ccc1N. The van der Waals surface area contributed by atoms with Crippen LogP contribution in [0.3, 0.4) is 0 Å². The van der Waals surface area contributed by atoms with Crippen LogP contribution in [0.15, 0.2) is 18.2 Å². The molecule has 0 atom stereocenters. The molecule has 0 unspecified atom stereocenters. The fraction of sp³-hybridized carbons (Fsp3) is 0.364. The Morgan fingerprint density at radius 1 is 1.31 bits per heavy atom. The Balaban J connectivity index is 3.27. The van der Waals surface area contributed by atoms with E-state index in [1.807, 2.05) is 6.07 Å². The van der Waals surface area contributed by atoms with E-state index in [2.05, 4.69) is 20.8 Å². The van der Waals surface area contributed by atoms with Crippen molar-refractivity contribution < 1.29 is 4.79 Å². The molecule has 0 radical (unpaired) electrons. The van der Waals surface area contributed by atoms with E-state index in [9.17, 15) is 4.79 Å². The maximum Gasteiger partial charge on any atom is 0.150 e. The number of rotatable bonds is 1. The summed E-state index contributed by atoms with van der Waals surface area (Å²) in [5.41, 5.74) is 8.26. The molecule has 70 valence electrons. The monoisotopic (exact) mass is 177 g/mol. The summed E-state index contributed by atoms with van der Waals surface area (Å²) in [6.07, 6.45) is 0.842. The van der Waals surface area contributed by atoms with Gasteiger partial charge in [-0.3, -0.25) is 4.79 Å². The van der Waals surface area contributed by atoms with Gasteiger partial charge < -0.3 is 5.73 Å². The number of aldehydes is 1. The van der Waals surface area contributed by atoms with Crippen LogP contribution in [-0.4, -0.2) is 6.29 Å². The molecule has 1 aromatic carbocycles. The minimum atomic E-state index is -0.0108. The molecule has 0 bridgehead atoms. The Labute approximate surface area is 78.8 Å². The second-order valence-corrected chi connectivity index (χ2v) is 4.21. The molecule has 2 heteroatoms. The molecule has 0 aromatic heterocycles. The van der Waals surface area contributed by atoms with Crippen LogP contribution in [0.25, 0.3) is 0 Å². The molecule has 0 aliphatic heterocycles. The highest BCUT2D eigenvalue weighted by molar-refractivity contribution is 5.76. The fourth-order valence-electron chi connectivity index (χ4n) is 1.30. The molecule has 2 nitrogen and oxygen atoms in total. The Kier molecular flexibility index (Phi) is 2.41. The van der Waals surface area contributed by atoms with Crippen molar-refractivity contribution in [1.82, 2.24) is 0 Å². The molecule has 13 heavy (non-hydrogen) atoms. The van der Waals surface area contributed by atoms with Gasteiger partial charge >= 0.3 is 0 Å². The standard InChI is InChI=1S/C11H15NO/c1-11(2,3)9-6-8(7-13)4-5-10(9)12/h4-7H,12H2,1-3H3. The molecule has 0 aliphatic carbocycles. The quantitative estimate of drug-likeness (QED) is 0.528. The van der Waals surface area contributed by atoms with Gasteiger partial charge in [0.1, 0.15) is 6.29 Å². The third kappa shape index (κ3) is 2.08. The molecule has 0 spiro atoms. The minimum absolute atomic E-state index is 0.0108. The molecule has 2 N–H and O–H groups in total. The zero-order valence-electron chi connectivity index (χ0n) is 8.29. The molecule has 0 amide bonds. The molecular formula is C11H15NO. The van der Waals surface area contributed by atoms with Crippen molar-refractivity contribution in [3.63, 3.8) is 0 Å². The van der Waals surface area contributed by atoms with Crippen LogP contribution >= 0.6 is 0 Å². The third-order valence-corrected chi connectivity index (χ3v) is 2.02. The minimum Gasteiger partial charge on any atom is -0.398 e. The van der Waals surface area contributed by atoms with E-state index in [0.717, 1.165) is 17.5 Å². The van der Waals surface area contributed by atoms with Gasteiger partial charge in [0, 0.05) is 11.3 Å². The lowest BCUT2D eigenvalue weighted by Gasteiger charge is -2.21.